The van der Waals surface area contributed by atoms with Gasteiger partial charge in [-0.2, -0.15) is 0 Å². The third-order valence-corrected chi connectivity index (χ3v) is 5.20. The number of benzene rings is 1. The fourth-order valence-corrected chi connectivity index (χ4v) is 3.74. The highest BCUT2D eigenvalue weighted by Gasteiger charge is 2.40. The summed E-state index contributed by atoms with van der Waals surface area (Å²) in [7, 11) is 1.57. The van der Waals surface area contributed by atoms with E-state index in [0.717, 1.165) is 11.3 Å². The van der Waals surface area contributed by atoms with Crippen molar-refractivity contribution in [1.29, 1.82) is 0 Å². The Bertz CT molecular complexity index is 814. The summed E-state index contributed by atoms with van der Waals surface area (Å²) in [6, 6.07) is 11.2. The lowest BCUT2D eigenvalue weighted by Crippen LogP contribution is -2.49. The lowest BCUT2D eigenvalue weighted by Gasteiger charge is -2.40. The molecule has 29 heavy (non-hydrogen) atoms. The van der Waals surface area contributed by atoms with E-state index >= 15 is 0 Å². The monoisotopic (exact) mass is 399 g/mol. The molecule has 6 nitrogen and oxygen atoms in total. The Morgan fingerprint density at radius 2 is 2.07 bits per heavy atom. The minimum atomic E-state index is -0.443. The van der Waals surface area contributed by atoms with E-state index in [4.69, 9.17) is 4.74 Å². The summed E-state index contributed by atoms with van der Waals surface area (Å²) in [6.45, 7) is 1.22. The van der Waals surface area contributed by atoms with Gasteiger partial charge in [0.05, 0.1) is 18.6 Å². The summed E-state index contributed by atoms with van der Waals surface area (Å²) in [4.78, 5) is 31.5. The molecule has 0 radical (unpaired) electrons. The number of carbonyl (C=O) groups is 2. The van der Waals surface area contributed by atoms with E-state index in [-0.39, 0.29) is 17.6 Å². The molecule has 0 spiro atoms. The van der Waals surface area contributed by atoms with Crippen molar-refractivity contribution in [1.82, 2.24) is 15.2 Å². The highest BCUT2D eigenvalue weighted by molar-refractivity contribution is 5.85. The molecule has 2 atom stereocenters. The van der Waals surface area contributed by atoms with Crippen molar-refractivity contribution in [2.45, 2.75) is 25.3 Å². The molecule has 1 N–H and O–H groups in total. The zero-order valence-electron chi connectivity index (χ0n) is 16.5. The number of hydrogen-bond donors (Lipinski definition) is 1. The summed E-state index contributed by atoms with van der Waals surface area (Å²) in [6.07, 6.45) is 3.12. The van der Waals surface area contributed by atoms with Crippen LogP contribution >= 0.6 is 0 Å². The van der Waals surface area contributed by atoms with Gasteiger partial charge < -0.3 is 15.0 Å². The molecule has 154 valence electrons. The summed E-state index contributed by atoms with van der Waals surface area (Å²) in [5, 5.41) is 2.98. The molecule has 0 saturated carbocycles. The Labute approximate surface area is 170 Å². The second-order valence-electron chi connectivity index (χ2n) is 7.08. The van der Waals surface area contributed by atoms with Crippen LogP contribution in [0.15, 0.2) is 48.7 Å². The SMILES string of the molecule is COCCN1C(=O)CC[C@@H](C(=O)NCCc2ccccn2)[C@@H]1c1ccc(F)cc1. The molecule has 0 unspecified atom stereocenters. The van der Waals surface area contributed by atoms with Crippen molar-refractivity contribution >= 4 is 11.8 Å². The van der Waals surface area contributed by atoms with Gasteiger partial charge in [0.1, 0.15) is 5.82 Å². The van der Waals surface area contributed by atoms with E-state index < -0.39 is 12.0 Å². The number of nitrogens with one attached hydrogen (secondary N) is 1. The van der Waals surface area contributed by atoms with E-state index in [1.165, 1.54) is 12.1 Å². The van der Waals surface area contributed by atoms with E-state index in [2.05, 4.69) is 10.3 Å². The van der Waals surface area contributed by atoms with Crippen LogP contribution in [0.1, 0.15) is 30.1 Å². The van der Waals surface area contributed by atoms with Gasteiger partial charge in [0, 0.05) is 44.9 Å². The van der Waals surface area contributed by atoms with Crippen LogP contribution in [0.3, 0.4) is 0 Å². The lowest BCUT2D eigenvalue weighted by molar-refractivity contribution is -0.144. The molecule has 7 heteroatoms. The predicted molar refractivity (Wildman–Crippen MR) is 106 cm³/mol. The summed E-state index contributed by atoms with van der Waals surface area (Å²) in [5.74, 6) is -0.881. The molecule has 2 amide bonds. The fourth-order valence-electron chi connectivity index (χ4n) is 3.74. The van der Waals surface area contributed by atoms with Crippen molar-refractivity contribution in [3.8, 4) is 0 Å². The van der Waals surface area contributed by atoms with Crippen LogP contribution in [-0.4, -0.2) is 48.5 Å². The predicted octanol–water partition coefficient (Wildman–Crippen LogP) is 2.51. The average molecular weight is 399 g/mol. The first kappa shape index (κ1) is 20.9. The van der Waals surface area contributed by atoms with E-state index in [0.29, 0.717) is 39.0 Å². The van der Waals surface area contributed by atoms with Gasteiger partial charge in [-0.15, -0.1) is 0 Å². The van der Waals surface area contributed by atoms with Crippen molar-refractivity contribution < 1.29 is 18.7 Å². The van der Waals surface area contributed by atoms with Crippen molar-refractivity contribution in [3.05, 3.63) is 65.7 Å². The quantitative estimate of drug-likeness (QED) is 0.740. The first-order chi connectivity index (χ1) is 14.1. The zero-order chi connectivity index (χ0) is 20.6. The molecule has 1 aromatic carbocycles. The molecule has 1 aromatic heterocycles. The van der Waals surface area contributed by atoms with Crippen LogP contribution in [0.2, 0.25) is 0 Å². The number of halogens is 1. The average Bonchev–Trinajstić information content (AvgIpc) is 2.74. The number of rotatable bonds is 8. The largest absolute Gasteiger partial charge is 0.383 e. The Morgan fingerprint density at radius 3 is 2.76 bits per heavy atom. The maximum Gasteiger partial charge on any atom is 0.225 e. The Hall–Kier alpha value is -2.80. The topological polar surface area (TPSA) is 71.5 Å². The van der Waals surface area contributed by atoms with Gasteiger partial charge in [-0.3, -0.25) is 14.6 Å². The van der Waals surface area contributed by atoms with E-state index in [9.17, 15) is 14.0 Å². The third kappa shape index (κ3) is 5.38. The van der Waals surface area contributed by atoms with Gasteiger partial charge in [0.2, 0.25) is 11.8 Å². The molecular formula is C22H26FN3O3. The number of ether oxygens (including phenoxy) is 1. The van der Waals surface area contributed by atoms with Gasteiger partial charge in [0.15, 0.2) is 0 Å². The Morgan fingerprint density at radius 1 is 1.28 bits per heavy atom. The molecule has 0 aliphatic carbocycles. The minimum absolute atomic E-state index is 0.0195. The normalized spacial score (nSPS) is 19.2. The maximum absolute atomic E-state index is 13.4. The lowest BCUT2D eigenvalue weighted by atomic mass is 9.83. The number of nitrogens with zero attached hydrogens (tertiary/aromatic N) is 2. The number of piperidine rings is 1. The number of aromatic nitrogens is 1. The first-order valence-electron chi connectivity index (χ1n) is 9.81. The van der Waals surface area contributed by atoms with Crippen molar-refractivity contribution in [2.24, 2.45) is 5.92 Å². The number of pyridine rings is 1. The van der Waals surface area contributed by atoms with Crippen LogP contribution in [0.4, 0.5) is 4.39 Å². The number of likely N-dealkylation sites (tertiary alicyclic amines) is 1. The molecule has 1 aliphatic rings. The summed E-state index contributed by atoms with van der Waals surface area (Å²) >= 11 is 0. The molecule has 3 rings (SSSR count). The van der Waals surface area contributed by atoms with Gasteiger partial charge in [-0.05, 0) is 36.2 Å². The molecule has 0 bridgehead atoms. The van der Waals surface area contributed by atoms with E-state index in [1.807, 2.05) is 18.2 Å². The van der Waals surface area contributed by atoms with Crippen LogP contribution in [-0.2, 0) is 20.7 Å². The van der Waals surface area contributed by atoms with Crippen molar-refractivity contribution in [2.75, 3.05) is 26.8 Å². The summed E-state index contributed by atoms with van der Waals surface area (Å²) in [5.41, 5.74) is 1.66. The highest BCUT2D eigenvalue weighted by Crippen LogP contribution is 2.36. The van der Waals surface area contributed by atoms with Crippen LogP contribution in [0.25, 0.3) is 0 Å². The van der Waals surface area contributed by atoms with Crippen molar-refractivity contribution in [3.63, 3.8) is 0 Å². The van der Waals surface area contributed by atoms with Gasteiger partial charge >= 0.3 is 0 Å². The molecule has 2 aromatic rings. The zero-order valence-corrected chi connectivity index (χ0v) is 16.5. The third-order valence-electron chi connectivity index (χ3n) is 5.20. The molecular weight excluding hydrogens is 373 g/mol. The Kier molecular flexibility index (Phi) is 7.30. The molecule has 1 fully saturated rings. The van der Waals surface area contributed by atoms with Crippen LogP contribution in [0, 0.1) is 11.7 Å². The maximum atomic E-state index is 13.4. The summed E-state index contributed by atoms with van der Waals surface area (Å²) < 4.78 is 18.6. The smallest absolute Gasteiger partial charge is 0.225 e. The van der Waals surface area contributed by atoms with E-state index in [1.54, 1.807) is 30.3 Å². The van der Waals surface area contributed by atoms with Gasteiger partial charge in [-0.1, -0.05) is 18.2 Å². The molecule has 1 aliphatic heterocycles. The van der Waals surface area contributed by atoms with Gasteiger partial charge in [-0.25, -0.2) is 4.39 Å². The van der Waals surface area contributed by atoms with Gasteiger partial charge in [0.25, 0.3) is 0 Å². The fraction of sp³-hybridized carbons (Fsp3) is 0.409. The Balaban J connectivity index is 1.75. The standard InChI is InChI=1S/C22H26FN3O3/c1-29-15-14-26-20(27)10-9-19(21(26)16-5-7-17(23)8-6-16)22(28)25-13-11-18-4-2-3-12-24-18/h2-8,12,19,21H,9-11,13-15H2,1H3,(H,25,28)/t19-,21+/m1/s1. The highest BCUT2D eigenvalue weighted by atomic mass is 19.1. The molecule has 1 saturated heterocycles. The minimum Gasteiger partial charge on any atom is -0.383 e. The number of hydrogen-bond acceptors (Lipinski definition) is 4. The molecule has 2 heterocycles. The first-order valence-corrected chi connectivity index (χ1v) is 9.81. The number of amides is 2. The van der Waals surface area contributed by atoms with Crippen LogP contribution < -0.4 is 5.32 Å². The number of carbonyl (C=O) groups excluding carboxylic acids is 2. The number of methoxy groups -OCH3 is 1. The van der Waals surface area contributed by atoms with Crippen LogP contribution in [0.5, 0.6) is 0 Å². The second kappa shape index (κ2) is 10.1. The second-order valence-corrected chi connectivity index (χ2v) is 7.08.